The molecule has 0 aliphatic heterocycles. The predicted molar refractivity (Wildman–Crippen MR) is 320 cm³/mol. The minimum atomic E-state index is -1.83. The van der Waals surface area contributed by atoms with Crippen molar-refractivity contribution in [1.29, 1.82) is 0 Å². The van der Waals surface area contributed by atoms with Crippen molar-refractivity contribution < 1.29 is 0 Å². The number of benzene rings is 6. The van der Waals surface area contributed by atoms with E-state index in [0.717, 1.165) is 34.5 Å². The van der Waals surface area contributed by atoms with Crippen molar-refractivity contribution in [2.24, 2.45) is 0 Å². The van der Waals surface area contributed by atoms with Crippen LogP contribution in [0, 0.1) is 0 Å². The average Bonchev–Trinajstić information content (AvgIpc) is 3.78. The van der Waals surface area contributed by atoms with Crippen LogP contribution in [-0.4, -0.2) is 18.2 Å². The predicted octanol–water partition coefficient (Wildman–Crippen LogP) is 20.1. The van der Waals surface area contributed by atoms with Crippen LogP contribution in [-0.2, 0) is 0 Å². The first-order valence-electron chi connectivity index (χ1n) is 25.4. The molecular weight excluding hydrogens is 877 g/mol. The molecule has 2 nitrogen and oxygen atoms in total. The first-order valence-corrected chi connectivity index (χ1v) is 27.1. The topological polar surface area (TPSA) is 17.0 Å². The molecule has 0 bridgehead atoms. The van der Waals surface area contributed by atoms with Crippen LogP contribution in [0.5, 0.6) is 0 Å². The lowest BCUT2D eigenvalue weighted by atomic mass is 9.98. The minimum absolute atomic E-state index is 0.751. The first kappa shape index (κ1) is 56.4. The number of nitrogens with one attached hydrogen (secondary N) is 1. The summed E-state index contributed by atoms with van der Waals surface area (Å²) in [6.07, 6.45) is 29.7. The van der Waals surface area contributed by atoms with Crippen LogP contribution in [0.3, 0.4) is 0 Å². The molecule has 0 saturated heterocycles. The van der Waals surface area contributed by atoms with Crippen molar-refractivity contribution in [2.45, 2.75) is 82.9 Å². The summed E-state index contributed by atoms with van der Waals surface area (Å²) in [7, 11) is 0.156. The number of allylic oxidation sites excluding steroid dienone is 16. The Bertz CT molecular complexity index is 2910. The number of para-hydroxylation sites is 1. The van der Waals surface area contributed by atoms with Crippen molar-refractivity contribution in [2.75, 3.05) is 13.6 Å². The molecule has 366 valence electrons. The van der Waals surface area contributed by atoms with Gasteiger partial charge in [0.15, 0.2) is 0 Å². The molecule has 3 heteroatoms. The Labute approximate surface area is 430 Å². The lowest BCUT2D eigenvalue weighted by Crippen LogP contribution is -2.05. The van der Waals surface area contributed by atoms with E-state index < -0.39 is 10.0 Å². The molecule has 0 amide bonds. The molecule has 0 unspecified atom stereocenters. The zero-order valence-electron chi connectivity index (χ0n) is 44.0. The molecule has 1 aromatic heterocycles. The van der Waals surface area contributed by atoms with E-state index in [9.17, 15) is 0 Å². The molecule has 7 aromatic rings. The van der Waals surface area contributed by atoms with E-state index in [0.29, 0.717) is 0 Å². The molecule has 1 N–H and O–H groups in total. The van der Waals surface area contributed by atoms with Crippen LogP contribution in [0.25, 0.3) is 38.6 Å². The number of fused-ring (bicyclic) bond motifs is 3. The van der Waals surface area contributed by atoms with Crippen molar-refractivity contribution in [3.63, 3.8) is 0 Å². The second kappa shape index (κ2) is 31.1. The first-order chi connectivity index (χ1) is 35.0. The second-order valence-corrected chi connectivity index (χ2v) is 18.8. The highest BCUT2D eigenvalue weighted by Gasteiger charge is 2.29. The van der Waals surface area contributed by atoms with Gasteiger partial charge in [0.05, 0.1) is 11.0 Å². The monoisotopic (exact) mass is 955 g/mol. The van der Waals surface area contributed by atoms with E-state index in [1.54, 1.807) is 0 Å². The highest BCUT2D eigenvalue weighted by atomic mass is 32.3. The minimum Gasteiger partial charge on any atom is -0.316 e. The van der Waals surface area contributed by atoms with Gasteiger partial charge < -0.3 is 9.88 Å². The van der Waals surface area contributed by atoms with E-state index >= 15 is 0 Å². The number of hydrogen-bond donors (Lipinski definition) is 1. The summed E-state index contributed by atoms with van der Waals surface area (Å²) in [4.78, 5) is 3.83. The molecule has 0 spiro atoms. The van der Waals surface area contributed by atoms with Crippen LogP contribution in [0.4, 0.5) is 0 Å². The number of likely N-dealkylation sites (N-methyl/N-ethyl adjacent to an activating group) is 1. The van der Waals surface area contributed by atoms with Crippen LogP contribution in [0.15, 0.2) is 281 Å². The maximum absolute atomic E-state index is 4.35. The van der Waals surface area contributed by atoms with E-state index in [1.165, 1.54) is 60.5 Å². The summed E-state index contributed by atoms with van der Waals surface area (Å²) in [6, 6.07) is 57.2. The van der Waals surface area contributed by atoms with Gasteiger partial charge in [0.1, 0.15) is 0 Å². The maximum atomic E-state index is 4.35. The van der Waals surface area contributed by atoms with E-state index in [1.807, 2.05) is 85.9 Å². The Hall–Kier alpha value is -7.17. The Morgan fingerprint density at radius 1 is 0.648 bits per heavy atom. The summed E-state index contributed by atoms with van der Waals surface area (Å²) in [5.74, 6) is 0. The molecule has 0 fully saturated rings. The largest absolute Gasteiger partial charge is 0.316 e. The molecule has 1 heterocycles. The van der Waals surface area contributed by atoms with Crippen LogP contribution in [0.1, 0.15) is 79.4 Å². The number of hydrogen-bond acceptors (Lipinski definition) is 1. The lowest BCUT2D eigenvalue weighted by molar-refractivity contribution is 0.921. The fourth-order valence-corrected chi connectivity index (χ4v) is 11.5. The van der Waals surface area contributed by atoms with Gasteiger partial charge in [-0.05, 0) is 139 Å². The summed E-state index contributed by atoms with van der Waals surface area (Å²) < 4.78 is 2.40. The lowest BCUT2D eigenvalue weighted by Gasteiger charge is -2.38. The number of rotatable bonds is 15. The molecule has 1 aliphatic rings. The fraction of sp³-hybridized carbons (Fsp3) is 0.176. The van der Waals surface area contributed by atoms with Crippen molar-refractivity contribution in [1.82, 2.24) is 9.88 Å². The molecule has 6 aromatic carbocycles. The van der Waals surface area contributed by atoms with Gasteiger partial charge in [-0.25, -0.2) is 0 Å². The standard InChI is InChI=1S/C50H48N2S.C12H12.3C2H6/c1-6-8-10-21-35-53(44-25-17-12-18-26-44,45-27-19-13-20-28-45)46-30-32-50-48(38-46)47-37-41(29-31-49(47)52(50)43-23-15-11-16-24-43)42(33-34-51-5)36-40(4)39(3)22-14-9-7-2;1-3-7-11(8-4-1)12-9-5-2-6-10-12;3*1-2/h6-33,35-38,51H,1,3,34H2,2,4-5H3;1-5,7-9H,6,10H2;3*1-2H3/b9-7-,10-8-,22-14-,35-21-,40-36+,42-33+;;;;. The van der Waals surface area contributed by atoms with Gasteiger partial charge in [-0.3, -0.25) is 0 Å². The fourth-order valence-electron chi connectivity index (χ4n) is 8.17. The molecular formula is C68H78N2S. The van der Waals surface area contributed by atoms with E-state index in [2.05, 4.69) is 242 Å². The molecule has 71 heavy (non-hydrogen) atoms. The van der Waals surface area contributed by atoms with Crippen molar-refractivity contribution in [3.05, 3.63) is 278 Å². The molecule has 8 rings (SSSR count). The Kier molecular flexibility index (Phi) is 24.7. The maximum Gasteiger partial charge on any atom is 0.0541 e. The smallest absolute Gasteiger partial charge is 0.0541 e. The average molecular weight is 955 g/mol. The Morgan fingerprint density at radius 3 is 1.79 bits per heavy atom. The van der Waals surface area contributed by atoms with Gasteiger partial charge in [0, 0.05) is 37.7 Å². The van der Waals surface area contributed by atoms with Gasteiger partial charge in [0.2, 0.25) is 0 Å². The van der Waals surface area contributed by atoms with Crippen molar-refractivity contribution in [3.8, 4) is 5.69 Å². The second-order valence-electron chi connectivity index (χ2n) is 15.8. The van der Waals surface area contributed by atoms with Gasteiger partial charge in [-0.15, -0.1) is 10.0 Å². The quantitative estimate of drug-likeness (QED) is 0.101. The Balaban J connectivity index is 0.000000516. The molecule has 1 aliphatic carbocycles. The van der Waals surface area contributed by atoms with Gasteiger partial charge in [-0.2, -0.15) is 0 Å². The summed E-state index contributed by atoms with van der Waals surface area (Å²) in [5.41, 5.74) is 10.7. The summed E-state index contributed by atoms with van der Waals surface area (Å²) >= 11 is 0. The van der Waals surface area contributed by atoms with Crippen LogP contribution in [0.2, 0.25) is 0 Å². The number of nitrogens with zero attached hydrogens (tertiary/aromatic N) is 1. The van der Waals surface area contributed by atoms with E-state index in [-0.39, 0.29) is 0 Å². The molecule has 0 saturated carbocycles. The molecule has 0 radical (unpaired) electrons. The van der Waals surface area contributed by atoms with Gasteiger partial charge in [-0.1, -0.05) is 225 Å². The number of aromatic nitrogens is 1. The SMILES string of the molecule is C1=CCCC(c2ccccc2)=C1.C=C/C=C\C=C/S(c1ccccc1)(c1ccccc1)c1ccc2c(c1)c1cc(C(/C=C(\C)C(=C)/C=C\C=C/C)=C/CNC)ccc1n2-c1ccccc1.CC.CC.CC. The van der Waals surface area contributed by atoms with Gasteiger partial charge in [0.25, 0.3) is 0 Å². The normalized spacial score (nSPS) is 12.9. The highest BCUT2D eigenvalue weighted by Crippen LogP contribution is 2.69. The summed E-state index contributed by atoms with van der Waals surface area (Å²) in [6.45, 7) is 25.1. The third kappa shape index (κ3) is 14.9. The Morgan fingerprint density at radius 2 is 1.23 bits per heavy atom. The third-order valence-electron chi connectivity index (χ3n) is 11.5. The zero-order valence-corrected chi connectivity index (χ0v) is 44.8. The summed E-state index contributed by atoms with van der Waals surface area (Å²) in [5, 5.41) is 8.15. The van der Waals surface area contributed by atoms with Gasteiger partial charge >= 0.3 is 0 Å². The highest BCUT2D eigenvalue weighted by molar-refractivity contribution is 8.36. The van der Waals surface area contributed by atoms with Crippen LogP contribution < -0.4 is 5.32 Å². The van der Waals surface area contributed by atoms with E-state index in [4.69, 9.17) is 0 Å². The van der Waals surface area contributed by atoms with Crippen molar-refractivity contribution >= 4 is 43.0 Å². The third-order valence-corrected chi connectivity index (χ3v) is 15.1. The van der Waals surface area contributed by atoms with Crippen LogP contribution >= 0.6 is 10.0 Å². The zero-order chi connectivity index (χ0) is 51.3. The molecule has 0 atom stereocenters.